The number of hydrogen-bond donors (Lipinski definition) is 2. The van der Waals surface area contributed by atoms with E-state index in [1.54, 1.807) is 0 Å². The molecule has 0 fully saturated rings. The average Bonchev–Trinajstić information content (AvgIpc) is 2.99. The van der Waals surface area contributed by atoms with Crippen molar-refractivity contribution in [1.29, 1.82) is 0 Å². The Bertz CT molecular complexity index is 698. The molecule has 2 N–H and O–H groups in total. The van der Waals surface area contributed by atoms with Crippen molar-refractivity contribution in [1.82, 2.24) is 19.8 Å². The third-order valence-corrected chi connectivity index (χ3v) is 5.06. The summed E-state index contributed by atoms with van der Waals surface area (Å²) in [5.41, 5.74) is 3.23. The van der Waals surface area contributed by atoms with Gasteiger partial charge in [-0.3, -0.25) is 5.10 Å². The minimum Gasteiger partial charge on any atom is -0.312 e. The van der Waals surface area contributed by atoms with E-state index in [2.05, 4.69) is 15.5 Å². The number of aromatic nitrogens is 2. The molecule has 0 aliphatic carbocycles. The van der Waals surface area contributed by atoms with E-state index >= 15 is 0 Å². The number of aromatic amines is 1. The molecule has 126 valence electrons. The fourth-order valence-electron chi connectivity index (χ4n) is 2.46. The highest BCUT2D eigenvalue weighted by molar-refractivity contribution is 7.88. The van der Waals surface area contributed by atoms with Crippen LogP contribution < -0.4 is 5.32 Å². The van der Waals surface area contributed by atoms with Gasteiger partial charge in [-0.25, -0.2) is 12.7 Å². The maximum atomic E-state index is 11.5. The van der Waals surface area contributed by atoms with Gasteiger partial charge in [-0.15, -0.1) is 0 Å². The van der Waals surface area contributed by atoms with Gasteiger partial charge in [0.25, 0.3) is 0 Å². The minimum absolute atomic E-state index is 0.513. The van der Waals surface area contributed by atoms with Crippen molar-refractivity contribution in [2.24, 2.45) is 0 Å². The summed E-state index contributed by atoms with van der Waals surface area (Å²) in [6.07, 6.45) is 3.85. The molecule has 0 bridgehead atoms. The zero-order chi connectivity index (χ0) is 16.7. The fraction of sp³-hybridized carbons (Fsp3) is 0.438. The molecule has 1 aromatic carbocycles. The van der Waals surface area contributed by atoms with Gasteiger partial charge in [0, 0.05) is 25.2 Å². The molecule has 1 heterocycles. The Kier molecular flexibility index (Phi) is 6.32. The van der Waals surface area contributed by atoms with Crippen LogP contribution in [0.3, 0.4) is 0 Å². The van der Waals surface area contributed by atoms with Crippen LogP contribution in [0.15, 0.2) is 36.5 Å². The molecule has 0 saturated heterocycles. The zero-order valence-electron chi connectivity index (χ0n) is 13.6. The first kappa shape index (κ1) is 17.7. The molecule has 0 aliphatic heterocycles. The lowest BCUT2D eigenvalue weighted by atomic mass is 10.1. The normalized spacial score (nSPS) is 12.0. The second-order valence-electron chi connectivity index (χ2n) is 5.42. The van der Waals surface area contributed by atoms with Gasteiger partial charge in [0.15, 0.2) is 0 Å². The molecule has 0 unspecified atom stereocenters. The third kappa shape index (κ3) is 5.16. The second-order valence-corrected chi connectivity index (χ2v) is 7.40. The van der Waals surface area contributed by atoms with E-state index in [1.165, 1.54) is 10.6 Å². The summed E-state index contributed by atoms with van der Waals surface area (Å²) in [5, 5.41) is 10.5. The predicted molar refractivity (Wildman–Crippen MR) is 92.4 cm³/mol. The number of nitrogens with zero attached hydrogens (tertiary/aromatic N) is 2. The molecule has 0 spiro atoms. The van der Waals surface area contributed by atoms with Crippen LogP contribution in [0, 0.1) is 0 Å². The maximum absolute atomic E-state index is 11.5. The van der Waals surface area contributed by atoms with E-state index in [9.17, 15) is 8.42 Å². The van der Waals surface area contributed by atoms with Crippen molar-refractivity contribution >= 4 is 10.0 Å². The second kappa shape index (κ2) is 8.24. The summed E-state index contributed by atoms with van der Waals surface area (Å²) < 4.78 is 24.5. The summed E-state index contributed by atoms with van der Waals surface area (Å²) in [5.74, 6) is 0. The van der Waals surface area contributed by atoms with Gasteiger partial charge in [-0.2, -0.15) is 5.10 Å². The number of sulfonamides is 1. The summed E-state index contributed by atoms with van der Waals surface area (Å²) >= 11 is 0. The van der Waals surface area contributed by atoms with Gasteiger partial charge in [-0.05, 0) is 18.5 Å². The van der Waals surface area contributed by atoms with E-state index in [-0.39, 0.29) is 0 Å². The number of hydrogen-bond acceptors (Lipinski definition) is 4. The van der Waals surface area contributed by atoms with Gasteiger partial charge in [-0.1, -0.05) is 37.3 Å². The molecule has 1 aromatic heterocycles. The van der Waals surface area contributed by atoms with Crippen molar-refractivity contribution in [3.05, 3.63) is 42.1 Å². The lowest BCUT2D eigenvalue weighted by Gasteiger charge is -2.17. The van der Waals surface area contributed by atoms with E-state index in [4.69, 9.17) is 0 Å². The highest BCUT2D eigenvalue weighted by Gasteiger charge is 2.13. The summed E-state index contributed by atoms with van der Waals surface area (Å²) in [7, 11) is -3.10. The Morgan fingerprint density at radius 3 is 2.65 bits per heavy atom. The van der Waals surface area contributed by atoms with Crippen LogP contribution in [0.5, 0.6) is 0 Å². The standard InChI is InChI=1S/C16H24N4O2S/c1-3-20(23(2,21)22)11-7-10-17-12-15-13-18-19-16(15)14-8-5-4-6-9-14/h4-6,8-9,13,17H,3,7,10-12H2,1-2H3,(H,18,19). The molecule has 23 heavy (non-hydrogen) atoms. The lowest BCUT2D eigenvalue weighted by Crippen LogP contribution is -2.32. The largest absolute Gasteiger partial charge is 0.312 e. The maximum Gasteiger partial charge on any atom is 0.211 e. The van der Waals surface area contributed by atoms with Crippen LogP contribution in [-0.4, -0.2) is 48.8 Å². The van der Waals surface area contributed by atoms with Gasteiger partial charge < -0.3 is 5.32 Å². The molecule has 0 amide bonds. The number of nitrogens with one attached hydrogen (secondary N) is 2. The van der Waals surface area contributed by atoms with Gasteiger partial charge in [0.2, 0.25) is 10.0 Å². The molecule has 0 aliphatic rings. The molecule has 0 saturated carbocycles. The SMILES string of the molecule is CCN(CCCNCc1cn[nH]c1-c1ccccc1)S(C)(=O)=O. The molecule has 7 heteroatoms. The first-order chi connectivity index (χ1) is 11.0. The summed E-state index contributed by atoms with van der Waals surface area (Å²) in [6.45, 7) is 4.36. The molecule has 2 aromatic rings. The topological polar surface area (TPSA) is 78.1 Å². The van der Waals surface area contributed by atoms with Crippen molar-refractivity contribution in [2.75, 3.05) is 25.9 Å². The van der Waals surface area contributed by atoms with Crippen molar-refractivity contribution in [2.45, 2.75) is 19.9 Å². The van der Waals surface area contributed by atoms with Crippen LogP contribution in [0.25, 0.3) is 11.3 Å². The zero-order valence-corrected chi connectivity index (χ0v) is 14.4. The smallest absolute Gasteiger partial charge is 0.211 e. The van der Waals surface area contributed by atoms with E-state index in [0.717, 1.165) is 29.8 Å². The molecule has 0 radical (unpaired) electrons. The van der Waals surface area contributed by atoms with Crippen molar-refractivity contribution in [3.63, 3.8) is 0 Å². The molecule has 6 nitrogen and oxygen atoms in total. The van der Waals surface area contributed by atoms with Crippen LogP contribution in [0.4, 0.5) is 0 Å². The van der Waals surface area contributed by atoms with Crippen LogP contribution >= 0.6 is 0 Å². The average molecular weight is 336 g/mol. The predicted octanol–water partition coefficient (Wildman–Crippen LogP) is 1.84. The molecular weight excluding hydrogens is 312 g/mol. The Labute approximate surface area is 138 Å². The molecule has 2 rings (SSSR count). The molecular formula is C16H24N4O2S. The summed E-state index contributed by atoms with van der Waals surface area (Å²) in [4.78, 5) is 0. The third-order valence-electron chi connectivity index (χ3n) is 3.68. The Morgan fingerprint density at radius 2 is 2.00 bits per heavy atom. The summed E-state index contributed by atoms with van der Waals surface area (Å²) in [6, 6.07) is 10.1. The number of rotatable bonds is 9. The van der Waals surface area contributed by atoms with Crippen LogP contribution in [0.2, 0.25) is 0 Å². The highest BCUT2D eigenvalue weighted by atomic mass is 32.2. The van der Waals surface area contributed by atoms with Crippen molar-refractivity contribution < 1.29 is 8.42 Å². The Balaban J connectivity index is 1.81. The molecule has 0 atom stereocenters. The fourth-order valence-corrected chi connectivity index (χ4v) is 3.39. The lowest BCUT2D eigenvalue weighted by molar-refractivity contribution is 0.419. The van der Waals surface area contributed by atoms with E-state index in [1.807, 2.05) is 43.5 Å². The van der Waals surface area contributed by atoms with Gasteiger partial charge in [0.1, 0.15) is 0 Å². The van der Waals surface area contributed by atoms with E-state index in [0.29, 0.717) is 19.6 Å². The van der Waals surface area contributed by atoms with Gasteiger partial charge in [0.05, 0.1) is 18.1 Å². The quantitative estimate of drug-likeness (QED) is 0.685. The first-order valence-electron chi connectivity index (χ1n) is 7.76. The Hall–Kier alpha value is -1.70. The minimum atomic E-state index is -3.10. The van der Waals surface area contributed by atoms with Crippen LogP contribution in [0.1, 0.15) is 18.9 Å². The first-order valence-corrected chi connectivity index (χ1v) is 9.60. The van der Waals surface area contributed by atoms with Crippen molar-refractivity contribution in [3.8, 4) is 11.3 Å². The Morgan fingerprint density at radius 1 is 1.26 bits per heavy atom. The van der Waals surface area contributed by atoms with Gasteiger partial charge >= 0.3 is 0 Å². The number of benzene rings is 1. The van der Waals surface area contributed by atoms with E-state index < -0.39 is 10.0 Å². The van der Waals surface area contributed by atoms with Crippen LogP contribution in [-0.2, 0) is 16.6 Å². The number of H-pyrrole nitrogens is 1. The monoisotopic (exact) mass is 336 g/mol. The highest BCUT2D eigenvalue weighted by Crippen LogP contribution is 2.20.